The van der Waals surface area contributed by atoms with Gasteiger partial charge in [-0.2, -0.15) is 17.7 Å². The Labute approximate surface area is 121 Å². The summed E-state index contributed by atoms with van der Waals surface area (Å²) >= 11 is 4.24. The van der Waals surface area contributed by atoms with Gasteiger partial charge in [0.1, 0.15) is 0 Å². The molecule has 0 aliphatic heterocycles. The number of fused-ring (bicyclic) bond motifs is 1. The molecule has 0 radical (unpaired) electrons. The molecular weight excluding hydrogens is 270 g/mol. The van der Waals surface area contributed by atoms with Gasteiger partial charge in [0, 0.05) is 11.1 Å². The monoisotopic (exact) mass is 283 g/mol. The van der Waals surface area contributed by atoms with Crippen molar-refractivity contribution in [2.75, 3.05) is 0 Å². The lowest BCUT2D eigenvalue weighted by Gasteiger charge is -2.04. The summed E-state index contributed by atoms with van der Waals surface area (Å²) in [5.41, 5.74) is 8.56. The molecule has 1 amide bonds. The van der Waals surface area contributed by atoms with Crippen molar-refractivity contribution >= 4 is 29.4 Å². The average Bonchev–Trinajstić information content (AvgIpc) is 2.87. The van der Waals surface area contributed by atoms with Crippen LogP contribution >= 0.6 is 12.6 Å². The quantitative estimate of drug-likeness (QED) is 0.726. The van der Waals surface area contributed by atoms with Gasteiger partial charge in [0.15, 0.2) is 5.69 Å². The fourth-order valence-corrected chi connectivity index (χ4v) is 2.40. The molecule has 5 heteroatoms. The number of aromatic nitrogens is 2. The summed E-state index contributed by atoms with van der Waals surface area (Å²) < 4.78 is 1.73. The van der Waals surface area contributed by atoms with E-state index in [0.29, 0.717) is 11.4 Å². The highest BCUT2D eigenvalue weighted by Crippen LogP contribution is 2.22. The van der Waals surface area contributed by atoms with Crippen LogP contribution in [0.25, 0.3) is 16.6 Å². The van der Waals surface area contributed by atoms with E-state index in [1.165, 1.54) is 0 Å². The first-order valence-corrected chi connectivity index (χ1v) is 6.81. The van der Waals surface area contributed by atoms with E-state index in [0.717, 1.165) is 22.2 Å². The number of hydrogen-bond acceptors (Lipinski definition) is 3. The van der Waals surface area contributed by atoms with Crippen molar-refractivity contribution in [2.24, 2.45) is 5.73 Å². The van der Waals surface area contributed by atoms with Crippen LogP contribution in [0.3, 0.4) is 0 Å². The van der Waals surface area contributed by atoms with E-state index >= 15 is 0 Å². The Morgan fingerprint density at radius 2 is 1.85 bits per heavy atom. The molecule has 0 saturated carbocycles. The molecule has 2 N–H and O–H groups in total. The van der Waals surface area contributed by atoms with E-state index in [-0.39, 0.29) is 0 Å². The summed E-state index contributed by atoms with van der Waals surface area (Å²) in [7, 11) is 0. The van der Waals surface area contributed by atoms with Crippen LogP contribution in [0.4, 0.5) is 0 Å². The Kier molecular flexibility index (Phi) is 3.20. The number of carbonyl (C=O) groups excluding carboxylic acids is 1. The summed E-state index contributed by atoms with van der Waals surface area (Å²) in [5, 5.41) is 5.10. The molecule has 0 saturated heterocycles. The number of nitrogens with zero attached hydrogens (tertiary/aromatic N) is 2. The fraction of sp³-hybridized carbons (Fsp3) is 0.0667. The zero-order valence-electron chi connectivity index (χ0n) is 10.7. The van der Waals surface area contributed by atoms with Gasteiger partial charge in [-0.15, -0.1) is 0 Å². The van der Waals surface area contributed by atoms with Crippen molar-refractivity contribution in [1.29, 1.82) is 0 Å². The molecule has 0 atom stereocenters. The lowest BCUT2D eigenvalue weighted by Crippen LogP contribution is -2.12. The summed E-state index contributed by atoms with van der Waals surface area (Å²) in [4.78, 5) is 11.5. The number of rotatable bonds is 3. The lowest BCUT2D eigenvalue weighted by atomic mass is 10.2. The predicted octanol–water partition coefficient (Wildman–Crippen LogP) is 2.55. The fourth-order valence-electron chi connectivity index (χ4n) is 2.19. The Balaban J connectivity index is 2.22. The molecule has 1 heterocycles. The Hall–Kier alpha value is -2.27. The van der Waals surface area contributed by atoms with Crippen molar-refractivity contribution in [3.63, 3.8) is 0 Å². The van der Waals surface area contributed by atoms with Gasteiger partial charge in [-0.3, -0.25) is 4.79 Å². The minimum absolute atomic E-state index is 0.291. The number of thiol groups is 1. The van der Waals surface area contributed by atoms with Crippen molar-refractivity contribution < 1.29 is 4.79 Å². The minimum Gasteiger partial charge on any atom is -0.364 e. The molecule has 3 rings (SSSR count). The molecule has 0 spiro atoms. The first-order chi connectivity index (χ1) is 9.70. The molecule has 2 aromatic carbocycles. The van der Waals surface area contributed by atoms with Crippen LogP contribution in [0.1, 0.15) is 16.1 Å². The smallest absolute Gasteiger partial charge is 0.269 e. The van der Waals surface area contributed by atoms with Crippen LogP contribution in [0.2, 0.25) is 0 Å². The van der Waals surface area contributed by atoms with E-state index < -0.39 is 5.91 Å². The van der Waals surface area contributed by atoms with Gasteiger partial charge in [-0.25, -0.2) is 4.68 Å². The molecule has 3 aromatic rings. The average molecular weight is 283 g/mol. The highest BCUT2D eigenvalue weighted by Gasteiger charge is 2.14. The topological polar surface area (TPSA) is 60.9 Å². The summed E-state index contributed by atoms with van der Waals surface area (Å²) in [6.45, 7) is 0. The molecule has 0 aliphatic carbocycles. The first kappa shape index (κ1) is 12.7. The van der Waals surface area contributed by atoms with E-state index in [4.69, 9.17) is 5.73 Å². The molecule has 0 aliphatic rings. The molecule has 20 heavy (non-hydrogen) atoms. The number of primary amides is 1. The van der Waals surface area contributed by atoms with E-state index in [9.17, 15) is 4.79 Å². The third kappa shape index (κ3) is 2.06. The van der Waals surface area contributed by atoms with Crippen LogP contribution < -0.4 is 5.73 Å². The number of benzene rings is 2. The van der Waals surface area contributed by atoms with Crippen LogP contribution in [-0.2, 0) is 5.75 Å². The molecule has 4 nitrogen and oxygen atoms in total. The Morgan fingerprint density at radius 1 is 1.15 bits per heavy atom. The maximum atomic E-state index is 11.5. The lowest BCUT2D eigenvalue weighted by molar-refractivity contribution is 0.0996. The van der Waals surface area contributed by atoms with Crippen LogP contribution in [-0.4, -0.2) is 15.7 Å². The third-order valence-electron chi connectivity index (χ3n) is 3.18. The summed E-state index contributed by atoms with van der Waals surface area (Å²) in [6, 6.07) is 15.4. The van der Waals surface area contributed by atoms with Crippen LogP contribution in [0.5, 0.6) is 0 Å². The molecule has 0 unspecified atom stereocenters. The zero-order valence-corrected chi connectivity index (χ0v) is 11.5. The summed E-state index contributed by atoms with van der Waals surface area (Å²) in [5.74, 6) is 0.166. The second kappa shape index (κ2) is 5.02. The number of hydrogen-bond donors (Lipinski definition) is 2. The minimum atomic E-state index is -0.521. The van der Waals surface area contributed by atoms with Crippen molar-refractivity contribution in [3.05, 3.63) is 59.8 Å². The van der Waals surface area contributed by atoms with Gasteiger partial charge in [0.25, 0.3) is 5.91 Å². The molecular formula is C15H13N3OS. The van der Waals surface area contributed by atoms with Gasteiger partial charge < -0.3 is 5.73 Å². The van der Waals surface area contributed by atoms with Gasteiger partial charge in [0.2, 0.25) is 0 Å². The van der Waals surface area contributed by atoms with Gasteiger partial charge in [-0.05, 0) is 23.8 Å². The maximum absolute atomic E-state index is 11.5. The van der Waals surface area contributed by atoms with Gasteiger partial charge in [-0.1, -0.05) is 30.3 Å². The Bertz CT molecular complexity index is 777. The molecule has 1 aromatic heterocycles. The van der Waals surface area contributed by atoms with E-state index in [1.54, 1.807) is 4.68 Å². The third-order valence-corrected chi connectivity index (χ3v) is 3.55. The number of nitrogens with two attached hydrogens (primary N) is 1. The number of para-hydroxylation sites is 1. The second-order valence-electron chi connectivity index (χ2n) is 4.47. The van der Waals surface area contributed by atoms with E-state index in [1.807, 2.05) is 48.5 Å². The van der Waals surface area contributed by atoms with Crippen LogP contribution in [0.15, 0.2) is 48.5 Å². The number of carbonyl (C=O) groups is 1. The largest absolute Gasteiger partial charge is 0.364 e. The maximum Gasteiger partial charge on any atom is 0.269 e. The normalized spacial score (nSPS) is 10.8. The highest BCUT2D eigenvalue weighted by atomic mass is 32.1. The number of amides is 1. The SMILES string of the molecule is NC(=O)c1nn(-c2ccc(CS)cc2)c2ccccc12. The molecule has 0 bridgehead atoms. The van der Waals surface area contributed by atoms with Crippen molar-refractivity contribution in [2.45, 2.75) is 5.75 Å². The van der Waals surface area contributed by atoms with Crippen molar-refractivity contribution in [1.82, 2.24) is 9.78 Å². The summed E-state index contributed by atoms with van der Waals surface area (Å²) in [6.07, 6.45) is 0. The standard InChI is InChI=1S/C15H13N3OS/c16-15(19)14-12-3-1-2-4-13(12)18(17-14)11-7-5-10(9-20)6-8-11/h1-8,20H,9H2,(H2,16,19). The highest BCUT2D eigenvalue weighted by molar-refractivity contribution is 7.79. The van der Waals surface area contributed by atoms with Crippen LogP contribution in [0, 0.1) is 0 Å². The zero-order chi connectivity index (χ0) is 14.1. The predicted molar refractivity (Wildman–Crippen MR) is 82.3 cm³/mol. The second-order valence-corrected chi connectivity index (χ2v) is 4.78. The Morgan fingerprint density at radius 3 is 2.50 bits per heavy atom. The van der Waals surface area contributed by atoms with Gasteiger partial charge >= 0.3 is 0 Å². The molecule has 100 valence electrons. The first-order valence-electron chi connectivity index (χ1n) is 6.18. The molecule has 0 fully saturated rings. The van der Waals surface area contributed by atoms with E-state index in [2.05, 4.69) is 17.7 Å². The van der Waals surface area contributed by atoms with Gasteiger partial charge in [0.05, 0.1) is 11.2 Å². The van der Waals surface area contributed by atoms with Crippen molar-refractivity contribution in [3.8, 4) is 5.69 Å².